The van der Waals surface area contributed by atoms with Crippen LogP contribution in [0, 0.1) is 0 Å². The lowest BCUT2D eigenvalue weighted by atomic mass is 10.2. The van der Waals surface area contributed by atoms with Crippen molar-refractivity contribution in [1.29, 1.82) is 0 Å². The van der Waals surface area contributed by atoms with E-state index in [0.29, 0.717) is 0 Å². The van der Waals surface area contributed by atoms with E-state index in [4.69, 9.17) is 0 Å². The number of hydrogen-bond donors (Lipinski definition) is 1. The van der Waals surface area contributed by atoms with Crippen LogP contribution in [0.4, 0.5) is 5.69 Å². The largest absolute Gasteiger partial charge is 0.383 e. The summed E-state index contributed by atoms with van der Waals surface area (Å²) >= 11 is 0. The number of fused-ring (bicyclic) bond motifs is 1. The molecule has 7 heteroatoms. The van der Waals surface area contributed by atoms with E-state index in [1.807, 2.05) is 6.20 Å². The lowest BCUT2D eigenvalue weighted by molar-refractivity contribution is 0.281. The average Bonchev–Trinajstić information content (AvgIpc) is 2.59. The van der Waals surface area contributed by atoms with Crippen LogP contribution in [0.1, 0.15) is 18.9 Å². The van der Waals surface area contributed by atoms with Crippen LogP contribution >= 0.6 is 33.1 Å². The highest BCUT2D eigenvalue weighted by molar-refractivity contribution is 8.63. The van der Waals surface area contributed by atoms with Gasteiger partial charge in [-0.25, -0.2) is 0 Å². The molecule has 0 spiro atoms. The smallest absolute Gasteiger partial charge is 0.0778 e. The average molecular weight is 319 g/mol. The molecule has 0 amide bonds. The van der Waals surface area contributed by atoms with Crippen molar-refractivity contribution in [2.75, 3.05) is 25.0 Å². The fourth-order valence-electron chi connectivity index (χ4n) is 2.23. The SMILES string of the molecule is CCCN1CCNc2ccnc(P(P)PP)c2C1. The van der Waals surface area contributed by atoms with Crippen molar-refractivity contribution in [3.8, 4) is 0 Å². The summed E-state index contributed by atoms with van der Waals surface area (Å²) in [6.45, 7) is 6.62. The van der Waals surface area contributed by atoms with Gasteiger partial charge >= 0.3 is 0 Å². The van der Waals surface area contributed by atoms with Crippen LogP contribution in [0.15, 0.2) is 12.3 Å². The van der Waals surface area contributed by atoms with Crippen LogP contribution in [0.3, 0.4) is 0 Å². The van der Waals surface area contributed by atoms with Crippen molar-refractivity contribution >= 4 is 44.2 Å². The Balaban J connectivity index is 2.30. The van der Waals surface area contributed by atoms with E-state index in [0.717, 1.165) is 27.6 Å². The molecule has 18 heavy (non-hydrogen) atoms. The summed E-state index contributed by atoms with van der Waals surface area (Å²) in [4.78, 5) is 7.17. The van der Waals surface area contributed by atoms with Gasteiger partial charge in [0, 0.05) is 37.1 Å². The topological polar surface area (TPSA) is 28.2 Å². The molecular formula is C11H21N3P4. The third kappa shape index (κ3) is 3.59. The zero-order chi connectivity index (χ0) is 13.0. The molecule has 0 saturated heterocycles. The van der Waals surface area contributed by atoms with E-state index >= 15 is 0 Å². The first-order valence-corrected chi connectivity index (χ1v) is 12.8. The molecule has 0 aromatic carbocycles. The maximum atomic E-state index is 4.63. The Hall–Kier alpha value is 0.630. The molecule has 1 N–H and O–H groups in total. The highest BCUT2D eigenvalue weighted by Gasteiger charge is 2.19. The first-order valence-electron chi connectivity index (χ1n) is 6.21. The van der Waals surface area contributed by atoms with Crippen molar-refractivity contribution in [2.45, 2.75) is 19.9 Å². The molecule has 0 aliphatic carbocycles. The van der Waals surface area contributed by atoms with Crippen LogP contribution in [-0.2, 0) is 6.54 Å². The van der Waals surface area contributed by atoms with Crippen LogP contribution in [0.2, 0.25) is 0 Å². The third-order valence-corrected chi connectivity index (χ3v) is 12.9. The van der Waals surface area contributed by atoms with E-state index in [2.05, 4.69) is 46.0 Å². The standard InChI is InChI=1S/C11H21N3P4/c1-2-6-14-7-5-12-10-3-4-13-11(9(10)8-14)18(16)17-15/h3-4,12,17H,2,5-8,15-16H2,1H3. The van der Waals surface area contributed by atoms with Gasteiger partial charge in [-0.15, -0.1) is 17.9 Å². The van der Waals surface area contributed by atoms with Crippen LogP contribution in [-0.4, -0.2) is 29.5 Å². The molecule has 0 fully saturated rings. The molecule has 1 aromatic rings. The predicted octanol–water partition coefficient (Wildman–Crippen LogP) is 3.00. The zero-order valence-electron chi connectivity index (χ0n) is 10.7. The second kappa shape index (κ2) is 7.42. The van der Waals surface area contributed by atoms with Gasteiger partial charge in [-0.3, -0.25) is 9.88 Å². The van der Waals surface area contributed by atoms with E-state index in [-0.39, 0.29) is 7.30 Å². The van der Waals surface area contributed by atoms with Gasteiger partial charge in [0.05, 0.1) is 5.44 Å². The van der Waals surface area contributed by atoms with Crippen LogP contribution in [0.25, 0.3) is 0 Å². The molecule has 4 atom stereocenters. The zero-order valence-corrected chi connectivity index (χ0v) is 14.9. The summed E-state index contributed by atoms with van der Waals surface area (Å²) in [5.41, 5.74) is 4.01. The van der Waals surface area contributed by atoms with E-state index in [1.54, 1.807) is 0 Å². The maximum Gasteiger partial charge on any atom is 0.0778 e. The second-order valence-corrected chi connectivity index (χ2v) is 13.4. The third-order valence-electron chi connectivity index (χ3n) is 3.07. The monoisotopic (exact) mass is 319 g/mol. The minimum absolute atomic E-state index is 0.199. The molecule has 4 unspecified atom stereocenters. The van der Waals surface area contributed by atoms with Crippen LogP contribution in [0.5, 0.6) is 0 Å². The number of nitrogens with one attached hydrogen (secondary N) is 1. The molecular weight excluding hydrogens is 298 g/mol. The molecule has 0 radical (unpaired) electrons. The summed E-state index contributed by atoms with van der Waals surface area (Å²) in [5, 5.41) is 3.55. The minimum atomic E-state index is -0.199. The Morgan fingerprint density at radius 2 is 2.44 bits per heavy atom. The Morgan fingerprint density at radius 1 is 1.61 bits per heavy atom. The molecule has 2 rings (SSSR count). The van der Waals surface area contributed by atoms with Gasteiger partial charge < -0.3 is 5.32 Å². The Bertz CT molecular complexity index is 402. The fraction of sp³-hybridized carbons (Fsp3) is 0.545. The number of aromatic nitrogens is 1. The quantitative estimate of drug-likeness (QED) is 0.865. The molecule has 3 nitrogen and oxygen atoms in total. The van der Waals surface area contributed by atoms with E-state index in [9.17, 15) is 0 Å². The van der Waals surface area contributed by atoms with E-state index < -0.39 is 0 Å². The van der Waals surface area contributed by atoms with Gasteiger partial charge in [0.1, 0.15) is 0 Å². The lowest BCUT2D eigenvalue weighted by Crippen LogP contribution is -2.28. The van der Waals surface area contributed by atoms with Gasteiger partial charge in [0.25, 0.3) is 0 Å². The Kier molecular flexibility index (Phi) is 6.20. The first kappa shape index (κ1) is 15.0. The van der Waals surface area contributed by atoms with Crippen LogP contribution < -0.4 is 10.8 Å². The number of pyridine rings is 1. The summed E-state index contributed by atoms with van der Waals surface area (Å²) in [7, 11) is 6.51. The van der Waals surface area contributed by atoms with Gasteiger partial charge in [-0.2, -0.15) is 0 Å². The molecule has 0 bridgehead atoms. The van der Waals surface area contributed by atoms with Gasteiger partial charge in [-0.1, -0.05) is 14.9 Å². The van der Waals surface area contributed by atoms with Gasteiger partial charge in [0.2, 0.25) is 0 Å². The molecule has 2 heterocycles. The summed E-state index contributed by atoms with van der Waals surface area (Å²) < 4.78 is 0. The van der Waals surface area contributed by atoms with Crippen molar-refractivity contribution in [1.82, 2.24) is 9.88 Å². The number of anilines is 1. The molecule has 100 valence electrons. The minimum Gasteiger partial charge on any atom is -0.383 e. The van der Waals surface area contributed by atoms with Crippen molar-refractivity contribution < 1.29 is 0 Å². The van der Waals surface area contributed by atoms with Crippen molar-refractivity contribution in [3.05, 3.63) is 17.8 Å². The van der Waals surface area contributed by atoms with Gasteiger partial charge in [0.15, 0.2) is 0 Å². The molecule has 0 saturated carbocycles. The molecule has 1 aromatic heterocycles. The predicted molar refractivity (Wildman–Crippen MR) is 92.6 cm³/mol. The maximum absolute atomic E-state index is 4.63. The molecule has 1 aliphatic heterocycles. The first-order chi connectivity index (χ1) is 8.76. The van der Waals surface area contributed by atoms with Crippen molar-refractivity contribution in [2.24, 2.45) is 0 Å². The highest BCUT2D eigenvalue weighted by Crippen LogP contribution is 2.65. The number of hydrogen-bond acceptors (Lipinski definition) is 3. The number of rotatable bonds is 4. The summed E-state index contributed by atoms with van der Waals surface area (Å²) in [6, 6.07) is 2.12. The Labute approximate surface area is 117 Å². The molecule has 1 aliphatic rings. The fourth-order valence-corrected chi connectivity index (χ4v) is 5.74. The summed E-state index contributed by atoms with van der Waals surface area (Å²) in [6.07, 6.45) is 3.16. The highest BCUT2D eigenvalue weighted by atomic mass is 32.6. The van der Waals surface area contributed by atoms with Gasteiger partial charge in [-0.05, 0) is 26.3 Å². The van der Waals surface area contributed by atoms with E-state index in [1.165, 1.54) is 29.7 Å². The lowest BCUT2D eigenvalue weighted by Gasteiger charge is -2.21. The Morgan fingerprint density at radius 3 is 3.17 bits per heavy atom. The second-order valence-electron chi connectivity index (χ2n) is 4.36. The normalized spacial score (nSPS) is 18.4. The number of nitrogens with zero attached hydrogens (tertiary/aromatic N) is 2. The van der Waals surface area contributed by atoms with Crippen molar-refractivity contribution in [3.63, 3.8) is 0 Å². The summed E-state index contributed by atoms with van der Waals surface area (Å²) in [5.74, 6) is 0.